The summed E-state index contributed by atoms with van der Waals surface area (Å²) in [7, 11) is 0. The fraction of sp³-hybridized carbons (Fsp3) is 1.00. The minimum absolute atomic E-state index is 0.221. The van der Waals surface area contributed by atoms with Crippen molar-refractivity contribution >= 4 is 0 Å². The molecule has 16 heavy (non-hydrogen) atoms. The Bertz CT molecular complexity index is 194. The Morgan fingerprint density at radius 1 is 1.31 bits per heavy atom. The zero-order valence-corrected chi connectivity index (χ0v) is 11.1. The van der Waals surface area contributed by atoms with Crippen LogP contribution in [0.3, 0.4) is 0 Å². The molecule has 0 bridgehead atoms. The van der Waals surface area contributed by atoms with Crippen molar-refractivity contribution in [2.24, 2.45) is 5.41 Å². The highest BCUT2D eigenvalue weighted by molar-refractivity contribution is 4.77. The number of aliphatic hydroxyl groups excluding tert-OH is 1. The van der Waals surface area contributed by atoms with Gasteiger partial charge in [0.2, 0.25) is 0 Å². The van der Waals surface area contributed by atoms with Crippen molar-refractivity contribution < 1.29 is 5.11 Å². The Morgan fingerprint density at radius 3 is 2.75 bits per heavy atom. The van der Waals surface area contributed by atoms with Gasteiger partial charge in [-0.1, -0.05) is 20.8 Å². The maximum absolute atomic E-state index is 9.85. The molecule has 1 saturated heterocycles. The lowest BCUT2D eigenvalue weighted by molar-refractivity contribution is 0.112. The Balaban J connectivity index is 2.26. The Hall–Kier alpha value is -0.120. The van der Waals surface area contributed by atoms with Crippen LogP contribution >= 0.6 is 0 Å². The predicted molar refractivity (Wildman–Crippen MR) is 68.6 cm³/mol. The minimum Gasteiger partial charge on any atom is -0.390 e. The molecule has 96 valence electrons. The number of likely N-dealkylation sites (N-methyl/N-ethyl adjacent to an activating group) is 1. The van der Waals surface area contributed by atoms with Gasteiger partial charge in [0.05, 0.1) is 6.10 Å². The number of aliphatic hydroxyl groups is 1. The molecular weight excluding hydrogens is 200 g/mol. The van der Waals surface area contributed by atoms with E-state index >= 15 is 0 Å². The van der Waals surface area contributed by atoms with Crippen LogP contribution in [0.25, 0.3) is 0 Å². The summed E-state index contributed by atoms with van der Waals surface area (Å²) in [5.41, 5.74) is 0.487. The molecular formula is C13H28N2O. The van der Waals surface area contributed by atoms with Gasteiger partial charge in [0.25, 0.3) is 0 Å². The third-order valence-electron chi connectivity index (χ3n) is 3.53. The zero-order valence-electron chi connectivity index (χ0n) is 11.1. The van der Waals surface area contributed by atoms with E-state index < -0.39 is 0 Å². The maximum Gasteiger partial charge on any atom is 0.0791 e. The summed E-state index contributed by atoms with van der Waals surface area (Å²) < 4.78 is 0. The number of nitrogens with zero attached hydrogens (tertiary/aromatic N) is 1. The van der Waals surface area contributed by atoms with Gasteiger partial charge in [-0.15, -0.1) is 0 Å². The number of hydrogen-bond donors (Lipinski definition) is 2. The van der Waals surface area contributed by atoms with E-state index in [4.69, 9.17) is 0 Å². The second-order valence-corrected chi connectivity index (χ2v) is 5.78. The quantitative estimate of drug-likeness (QED) is 0.748. The number of β-amino-alcohol motifs (C(OH)–C–C–N with tert-alkyl or cyclic N) is 1. The van der Waals surface area contributed by atoms with Crippen LogP contribution in [-0.2, 0) is 0 Å². The van der Waals surface area contributed by atoms with E-state index in [-0.39, 0.29) is 6.10 Å². The van der Waals surface area contributed by atoms with Crippen molar-refractivity contribution in [2.45, 2.75) is 46.1 Å². The highest BCUT2D eigenvalue weighted by Gasteiger charge is 2.23. The number of hydrogen-bond acceptors (Lipinski definition) is 3. The number of rotatable bonds is 5. The fourth-order valence-electron chi connectivity index (χ4n) is 2.33. The van der Waals surface area contributed by atoms with Crippen molar-refractivity contribution in [1.29, 1.82) is 0 Å². The Kier molecular flexibility index (Phi) is 5.73. The van der Waals surface area contributed by atoms with Gasteiger partial charge in [0.15, 0.2) is 0 Å². The molecule has 0 aromatic heterocycles. The van der Waals surface area contributed by atoms with E-state index in [9.17, 15) is 5.11 Å². The summed E-state index contributed by atoms with van der Waals surface area (Å²) in [5.74, 6) is 0. The third kappa shape index (κ3) is 5.28. The largest absolute Gasteiger partial charge is 0.390 e. The second-order valence-electron chi connectivity index (χ2n) is 5.78. The zero-order chi connectivity index (χ0) is 12.0. The van der Waals surface area contributed by atoms with Gasteiger partial charge in [0, 0.05) is 13.1 Å². The molecule has 1 aliphatic heterocycles. The van der Waals surface area contributed by atoms with Crippen LogP contribution < -0.4 is 5.32 Å². The standard InChI is InChI=1S/C13H28N2O/c1-4-14-10-12(16)11-15-8-5-6-13(2,3)7-9-15/h12,14,16H,4-11H2,1-3H3. The molecule has 1 heterocycles. The fourth-order valence-corrected chi connectivity index (χ4v) is 2.33. The van der Waals surface area contributed by atoms with Gasteiger partial charge < -0.3 is 15.3 Å². The van der Waals surface area contributed by atoms with Gasteiger partial charge in [-0.3, -0.25) is 0 Å². The van der Waals surface area contributed by atoms with E-state index in [0.717, 1.165) is 32.7 Å². The molecule has 0 spiro atoms. The van der Waals surface area contributed by atoms with Crippen LogP contribution in [0.1, 0.15) is 40.0 Å². The average Bonchev–Trinajstić information content (AvgIpc) is 2.37. The molecule has 0 amide bonds. The lowest BCUT2D eigenvalue weighted by Crippen LogP contribution is -2.39. The first-order valence-corrected chi connectivity index (χ1v) is 6.64. The molecule has 0 aliphatic carbocycles. The van der Waals surface area contributed by atoms with Gasteiger partial charge >= 0.3 is 0 Å². The second kappa shape index (κ2) is 6.58. The highest BCUT2D eigenvalue weighted by atomic mass is 16.3. The molecule has 1 fully saturated rings. The van der Waals surface area contributed by atoms with Gasteiger partial charge in [0.1, 0.15) is 0 Å². The van der Waals surface area contributed by atoms with E-state index in [1.807, 2.05) is 0 Å². The maximum atomic E-state index is 9.85. The highest BCUT2D eigenvalue weighted by Crippen LogP contribution is 2.29. The Morgan fingerprint density at radius 2 is 2.06 bits per heavy atom. The van der Waals surface area contributed by atoms with Crippen LogP contribution in [0.15, 0.2) is 0 Å². The molecule has 1 aliphatic rings. The summed E-state index contributed by atoms with van der Waals surface area (Å²) in [6, 6.07) is 0. The number of likely N-dealkylation sites (tertiary alicyclic amines) is 1. The molecule has 0 aromatic carbocycles. The lowest BCUT2D eigenvalue weighted by atomic mass is 9.85. The first-order valence-electron chi connectivity index (χ1n) is 6.64. The van der Waals surface area contributed by atoms with Crippen molar-refractivity contribution in [1.82, 2.24) is 10.2 Å². The molecule has 3 nitrogen and oxygen atoms in total. The van der Waals surface area contributed by atoms with Crippen molar-refractivity contribution in [3.05, 3.63) is 0 Å². The molecule has 1 unspecified atom stereocenters. The van der Waals surface area contributed by atoms with Crippen LogP contribution in [0.2, 0.25) is 0 Å². The van der Waals surface area contributed by atoms with Crippen LogP contribution in [0.5, 0.6) is 0 Å². The monoisotopic (exact) mass is 228 g/mol. The summed E-state index contributed by atoms with van der Waals surface area (Å²) >= 11 is 0. The molecule has 2 N–H and O–H groups in total. The molecule has 0 aromatic rings. The lowest BCUT2D eigenvalue weighted by Gasteiger charge is -2.25. The van der Waals surface area contributed by atoms with Gasteiger partial charge in [-0.2, -0.15) is 0 Å². The van der Waals surface area contributed by atoms with Gasteiger partial charge in [-0.25, -0.2) is 0 Å². The molecule has 3 heteroatoms. The number of nitrogens with one attached hydrogen (secondary N) is 1. The summed E-state index contributed by atoms with van der Waals surface area (Å²) in [6.45, 7) is 11.5. The van der Waals surface area contributed by atoms with Crippen molar-refractivity contribution in [2.75, 3.05) is 32.7 Å². The van der Waals surface area contributed by atoms with E-state index in [1.54, 1.807) is 0 Å². The first kappa shape index (κ1) is 13.9. The van der Waals surface area contributed by atoms with E-state index in [2.05, 4.69) is 31.0 Å². The van der Waals surface area contributed by atoms with E-state index in [0.29, 0.717) is 5.41 Å². The first-order chi connectivity index (χ1) is 7.53. The summed E-state index contributed by atoms with van der Waals surface area (Å²) in [4.78, 5) is 2.41. The normalized spacial score (nSPS) is 24.0. The summed E-state index contributed by atoms with van der Waals surface area (Å²) in [5, 5.41) is 13.0. The van der Waals surface area contributed by atoms with Crippen LogP contribution in [0.4, 0.5) is 0 Å². The SMILES string of the molecule is CCNCC(O)CN1CCCC(C)(C)CC1. The molecule has 1 rings (SSSR count). The van der Waals surface area contributed by atoms with E-state index in [1.165, 1.54) is 19.3 Å². The van der Waals surface area contributed by atoms with Crippen molar-refractivity contribution in [3.8, 4) is 0 Å². The molecule has 0 radical (unpaired) electrons. The van der Waals surface area contributed by atoms with Crippen LogP contribution in [-0.4, -0.2) is 48.8 Å². The van der Waals surface area contributed by atoms with Crippen molar-refractivity contribution in [3.63, 3.8) is 0 Å². The summed E-state index contributed by atoms with van der Waals surface area (Å²) in [6.07, 6.45) is 3.61. The third-order valence-corrected chi connectivity index (χ3v) is 3.53. The Labute approximate surface area is 100 Å². The van der Waals surface area contributed by atoms with Gasteiger partial charge in [-0.05, 0) is 44.3 Å². The topological polar surface area (TPSA) is 35.5 Å². The predicted octanol–water partition coefficient (Wildman–Crippen LogP) is 1.47. The van der Waals surface area contributed by atoms with Crippen LogP contribution in [0, 0.1) is 5.41 Å². The smallest absolute Gasteiger partial charge is 0.0791 e. The average molecular weight is 228 g/mol. The minimum atomic E-state index is -0.221. The molecule has 1 atom stereocenters. The molecule has 0 saturated carbocycles.